The Morgan fingerprint density at radius 3 is 2.15 bits per heavy atom. The number of hydrogen-bond donors (Lipinski definition) is 2. The average molecular weight is 377 g/mol. The third-order valence-electron chi connectivity index (χ3n) is 4.85. The molecule has 0 aromatic heterocycles. The van der Waals surface area contributed by atoms with E-state index in [0.717, 1.165) is 5.69 Å². The molecule has 1 aromatic carbocycles. The van der Waals surface area contributed by atoms with Gasteiger partial charge in [0.05, 0.1) is 25.6 Å². The van der Waals surface area contributed by atoms with Crippen LogP contribution >= 0.6 is 0 Å². The second kappa shape index (κ2) is 6.83. The third-order valence-corrected chi connectivity index (χ3v) is 4.85. The lowest BCUT2D eigenvalue weighted by Gasteiger charge is -2.44. The Hall–Kier alpha value is -2.64. The first-order valence-electron chi connectivity index (χ1n) is 9.01. The lowest BCUT2D eigenvalue weighted by atomic mass is 9.84. The molecule has 0 unspecified atom stereocenters. The predicted molar refractivity (Wildman–Crippen MR) is 102 cm³/mol. The highest BCUT2D eigenvalue weighted by Crippen LogP contribution is 2.42. The molecule has 3 rings (SSSR count). The standard InChI is InChI=1S/C19H27N3O5/c1-18(2,3)27-17(24)22-8-6-19(7-9-22)16(23)20-12-10-14(25-4)15(26-5)11-13(12)21-19/h10-11,21H,6-9H2,1-5H3,(H,20,23). The van der Waals surface area contributed by atoms with Crippen molar-refractivity contribution in [2.45, 2.75) is 44.8 Å². The number of anilines is 2. The number of methoxy groups -OCH3 is 2. The second-order valence-electron chi connectivity index (χ2n) is 7.88. The minimum absolute atomic E-state index is 0.106. The van der Waals surface area contributed by atoms with Crippen molar-refractivity contribution in [2.24, 2.45) is 0 Å². The summed E-state index contributed by atoms with van der Waals surface area (Å²) in [5.74, 6) is 1.03. The van der Waals surface area contributed by atoms with Gasteiger partial charge in [0.2, 0.25) is 5.91 Å². The third kappa shape index (κ3) is 3.74. The molecule has 0 saturated carbocycles. The Bertz CT molecular complexity index is 748. The molecular weight excluding hydrogens is 350 g/mol. The number of carbonyl (C=O) groups is 2. The summed E-state index contributed by atoms with van der Waals surface area (Å²) in [6.45, 7) is 6.40. The summed E-state index contributed by atoms with van der Waals surface area (Å²) >= 11 is 0. The number of nitrogens with zero attached hydrogens (tertiary/aromatic N) is 1. The van der Waals surface area contributed by atoms with E-state index in [1.54, 1.807) is 25.2 Å². The monoisotopic (exact) mass is 377 g/mol. The largest absolute Gasteiger partial charge is 0.493 e. The number of nitrogens with one attached hydrogen (secondary N) is 2. The molecule has 27 heavy (non-hydrogen) atoms. The van der Waals surface area contributed by atoms with Crippen LogP contribution in [-0.2, 0) is 9.53 Å². The van der Waals surface area contributed by atoms with Gasteiger partial charge in [0.1, 0.15) is 11.1 Å². The molecule has 1 spiro atoms. The molecule has 2 N–H and O–H groups in total. The Labute approximate surface area is 159 Å². The zero-order valence-electron chi connectivity index (χ0n) is 16.5. The Morgan fingerprint density at radius 1 is 1.07 bits per heavy atom. The van der Waals surface area contributed by atoms with E-state index < -0.39 is 11.1 Å². The quantitative estimate of drug-likeness (QED) is 0.824. The lowest BCUT2D eigenvalue weighted by Crippen LogP contribution is -2.59. The van der Waals surface area contributed by atoms with E-state index in [0.29, 0.717) is 43.1 Å². The number of carbonyl (C=O) groups excluding carboxylic acids is 2. The minimum atomic E-state index is -0.759. The van der Waals surface area contributed by atoms with E-state index in [9.17, 15) is 9.59 Å². The minimum Gasteiger partial charge on any atom is -0.493 e. The van der Waals surface area contributed by atoms with Gasteiger partial charge in [0.15, 0.2) is 11.5 Å². The van der Waals surface area contributed by atoms with Gasteiger partial charge in [-0.15, -0.1) is 0 Å². The molecule has 0 bridgehead atoms. The second-order valence-corrected chi connectivity index (χ2v) is 7.88. The molecule has 1 fully saturated rings. The fraction of sp³-hybridized carbons (Fsp3) is 0.579. The number of rotatable bonds is 2. The smallest absolute Gasteiger partial charge is 0.410 e. The van der Waals surface area contributed by atoms with Gasteiger partial charge in [-0.2, -0.15) is 0 Å². The van der Waals surface area contributed by atoms with E-state index in [1.807, 2.05) is 26.8 Å². The van der Waals surface area contributed by atoms with Crippen molar-refractivity contribution in [3.8, 4) is 11.5 Å². The Balaban J connectivity index is 1.76. The van der Waals surface area contributed by atoms with Crippen LogP contribution in [0.1, 0.15) is 33.6 Å². The van der Waals surface area contributed by atoms with Crippen LogP contribution in [0, 0.1) is 0 Å². The number of hydrogen-bond acceptors (Lipinski definition) is 6. The molecule has 0 atom stereocenters. The molecule has 8 heteroatoms. The lowest BCUT2D eigenvalue weighted by molar-refractivity contribution is -0.122. The predicted octanol–water partition coefficient (Wildman–Crippen LogP) is 2.84. The van der Waals surface area contributed by atoms with Crippen LogP contribution < -0.4 is 20.1 Å². The van der Waals surface area contributed by atoms with Crippen molar-refractivity contribution in [3.63, 3.8) is 0 Å². The van der Waals surface area contributed by atoms with Crippen LogP contribution in [0.15, 0.2) is 12.1 Å². The molecule has 0 aliphatic carbocycles. The van der Waals surface area contributed by atoms with Crippen LogP contribution in [0.4, 0.5) is 16.2 Å². The number of amides is 2. The normalized spacial score (nSPS) is 18.3. The van der Waals surface area contributed by atoms with E-state index in [1.165, 1.54) is 0 Å². The van der Waals surface area contributed by atoms with Gasteiger partial charge >= 0.3 is 6.09 Å². The fourth-order valence-corrected chi connectivity index (χ4v) is 3.39. The van der Waals surface area contributed by atoms with Gasteiger partial charge in [0.25, 0.3) is 0 Å². The molecule has 2 heterocycles. The van der Waals surface area contributed by atoms with Crippen LogP contribution in [-0.4, -0.2) is 55.3 Å². The first-order chi connectivity index (χ1) is 12.7. The zero-order valence-corrected chi connectivity index (χ0v) is 16.5. The van der Waals surface area contributed by atoms with Gasteiger partial charge in [-0.05, 0) is 33.6 Å². The van der Waals surface area contributed by atoms with Crippen molar-refractivity contribution in [1.29, 1.82) is 0 Å². The summed E-state index contributed by atoms with van der Waals surface area (Å²) in [6.07, 6.45) is 0.637. The first kappa shape index (κ1) is 19.1. The van der Waals surface area contributed by atoms with Gasteiger partial charge in [-0.1, -0.05) is 0 Å². The zero-order chi connectivity index (χ0) is 19.8. The molecule has 1 saturated heterocycles. The molecule has 2 aliphatic rings. The van der Waals surface area contributed by atoms with Gasteiger partial charge < -0.3 is 29.7 Å². The summed E-state index contributed by atoms with van der Waals surface area (Å²) in [6, 6.07) is 3.55. The van der Waals surface area contributed by atoms with Crippen molar-refractivity contribution in [1.82, 2.24) is 4.90 Å². The Morgan fingerprint density at radius 2 is 1.63 bits per heavy atom. The Kier molecular flexibility index (Phi) is 4.84. The van der Waals surface area contributed by atoms with Crippen molar-refractivity contribution in [3.05, 3.63) is 12.1 Å². The van der Waals surface area contributed by atoms with Crippen molar-refractivity contribution < 1.29 is 23.8 Å². The molecule has 2 aliphatic heterocycles. The molecule has 8 nitrogen and oxygen atoms in total. The highest BCUT2D eigenvalue weighted by Gasteiger charge is 2.45. The molecule has 0 radical (unpaired) electrons. The van der Waals surface area contributed by atoms with Crippen LogP contribution in [0.5, 0.6) is 11.5 Å². The molecule has 148 valence electrons. The summed E-state index contributed by atoms with van der Waals surface area (Å²) in [7, 11) is 3.12. The van der Waals surface area contributed by atoms with E-state index >= 15 is 0 Å². The SMILES string of the molecule is COc1cc2c(cc1OC)NC1(CCN(C(=O)OC(C)(C)C)CC1)C(=O)N2. The number of benzene rings is 1. The average Bonchev–Trinajstić information content (AvgIpc) is 2.61. The summed E-state index contributed by atoms with van der Waals surface area (Å²) in [5, 5.41) is 6.33. The van der Waals surface area contributed by atoms with Crippen LogP contribution in [0.3, 0.4) is 0 Å². The summed E-state index contributed by atoms with van der Waals surface area (Å²) in [5.41, 5.74) is 0.127. The number of likely N-dealkylation sites (tertiary alicyclic amines) is 1. The fourth-order valence-electron chi connectivity index (χ4n) is 3.39. The molecule has 2 amide bonds. The number of ether oxygens (including phenoxy) is 3. The molecule has 1 aromatic rings. The topological polar surface area (TPSA) is 89.1 Å². The first-order valence-corrected chi connectivity index (χ1v) is 9.01. The highest BCUT2D eigenvalue weighted by atomic mass is 16.6. The van der Waals surface area contributed by atoms with Crippen LogP contribution in [0.2, 0.25) is 0 Å². The highest BCUT2D eigenvalue weighted by molar-refractivity contribution is 6.06. The summed E-state index contributed by atoms with van der Waals surface area (Å²) < 4.78 is 16.1. The van der Waals surface area contributed by atoms with E-state index in [-0.39, 0.29) is 12.0 Å². The maximum Gasteiger partial charge on any atom is 0.410 e. The van der Waals surface area contributed by atoms with Gasteiger partial charge in [-0.25, -0.2) is 4.79 Å². The maximum atomic E-state index is 12.8. The van der Waals surface area contributed by atoms with Crippen LogP contribution in [0.25, 0.3) is 0 Å². The maximum absolute atomic E-state index is 12.8. The number of fused-ring (bicyclic) bond motifs is 1. The number of piperidine rings is 1. The summed E-state index contributed by atoms with van der Waals surface area (Å²) in [4.78, 5) is 26.7. The molecular formula is C19H27N3O5. The van der Waals surface area contributed by atoms with E-state index in [2.05, 4.69) is 10.6 Å². The van der Waals surface area contributed by atoms with Crippen molar-refractivity contribution >= 4 is 23.4 Å². The van der Waals surface area contributed by atoms with Gasteiger partial charge in [0, 0.05) is 25.2 Å². The van der Waals surface area contributed by atoms with E-state index in [4.69, 9.17) is 14.2 Å². The van der Waals surface area contributed by atoms with Gasteiger partial charge in [-0.3, -0.25) is 4.79 Å². The van der Waals surface area contributed by atoms with Crippen molar-refractivity contribution in [2.75, 3.05) is 37.9 Å².